The van der Waals surface area contributed by atoms with Crippen LogP contribution in [-0.2, 0) is 12.7 Å². The van der Waals surface area contributed by atoms with E-state index in [-0.39, 0.29) is 11.7 Å². The van der Waals surface area contributed by atoms with E-state index in [0.717, 1.165) is 23.1 Å². The highest BCUT2D eigenvalue weighted by molar-refractivity contribution is 7.12. The van der Waals surface area contributed by atoms with Crippen molar-refractivity contribution in [3.8, 4) is 16.4 Å². The van der Waals surface area contributed by atoms with Crippen molar-refractivity contribution in [3.05, 3.63) is 88.0 Å². The zero-order valence-electron chi connectivity index (χ0n) is 15.7. The summed E-state index contributed by atoms with van der Waals surface area (Å²) in [6.07, 6.45) is -3.90. The number of carbonyl (C=O) groups is 1. The van der Waals surface area contributed by atoms with Gasteiger partial charge in [0.1, 0.15) is 0 Å². The zero-order chi connectivity index (χ0) is 22.0. The van der Waals surface area contributed by atoms with Gasteiger partial charge < -0.3 is 5.32 Å². The molecule has 2 aromatic carbocycles. The highest BCUT2D eigenvalue weighted by Gasteiger charge is 2.41. The molecule has 0 atom stereocenters. The Kier molecular flexibility index (Phi) is 5.79. The molecule has 0 bridgehead atoms. The van der Waals surface area contributed by atoms with Crippen LogP contribution in [0.15, 0.2) is 66.2 Å². The van der Waals surface area contributed by atoms with E-state index in [1.807, 2.05) is 30.3 Å². The van der Waals surface area contributed by atoms with Crippen molar-refractivity contribution in [2.45, 2.75) is 12.7 Å². The van der Waals surface area contributed by atoms with Gasteiger partial charge in [-0.05, 0) is 17.7 Å². The van der Waals surface area contributed by atoms with Gasteiger partial charge in [0.15, 0.2) is 5.69 Å². The SMILES string of the molecule is O=C(NCc1ccc(Cl)cc1)c1cnn(-c2nc(-c3ccccc3)cs2)c1C(F)(F)F. The van der Waals surface area contributed by atoms with E-state index in [1.165, 1.54) is 0 Å². The van der Waals surface area contributed by atoms with Gasteiger partial charge in [-0.15, -0.1) is 11.3 Å². The lowest BCUT2D eigenvalue weighted by atomic mass is 10.2. The highest BCUT2D eigenvalue weighted by atomic mass is 35.5. The number of benzene rings is 2. The van der Waals surface area contributed by atoms with Crippen LogP contribution in [0.25, 0.3) is 16.4 Å². The normalized spacial score (nSPS) is 11.5. The number of thiazole rings is 1. The summed E-state index contributed by atoms with van der Waals surface area (Å²) in [7, 11) is 0. The summed E-state index contributed by atoms with van der Waals surface area (Å²) >= 11 is 6.82. The molecule has 2 aromatic heterocycles. The molecule has 1 amide bonds. The average Bonchev–Trinajstić information content (AvgIpc) is 3.41. The Morgan fingerprint density at radius 2 is 1.81 bits per heavy atom. The molecule has 5 nitrogen and oxygen atoms in total. The number of rotatable bonds is 5. The third kappa shape index (κ3) is 4.62. The predicted octanol–water partition coefficient (Wildman–Crippen LogP) is 5.60. The number of hydrogen-bond acceptors (Lipinski definition) is 4. The van der Waals surface area contributed by atoms with Crippen molar-refractivity contribution < 1.29 is 18.0 Å². The molecule has 0 unspecified atom stereocenters. The van der Waals surface area contributed by atoms with Gasteiger partial charge in [0.25, 0.3) is 5.91 Å². The number of alkyl halides is 3. The Morgan fingerprint density at radius 3 is 2.48 bits per heavy atom. The molecule has 0 aliphatic rings. The molecule has 0 spiro atoms. The second kappa shape index (κ2) is 8.52. The summed E-state index contributed by atoms with van der Waals surface area (Å²) < 4.78 is 42.2. The summed E-state index contributed by atoms with van der Waals surface area (Å²) in [5.74, 6) is -0.881. The van der Waals surface area contributed by atoms with Crippen LogP contribution < -0.4 is 5.32 Å². The van der Waals surface area contributed by atoms with E-state index in [2.05, 4.69) is 15.4 Å². The first-order chi connectivity index (χ1) is 14.8. The minimum absolute atomic E-state index is 0.0166. The molecule has 4 aromatic rings. The van der Waals surface area contributed by atoms with Gasteiger partial charge in [-0.1, -0.05) is 54.1 Å². The maximum Gasteiger partial charge on any atom is 0.434 e. The van der Waals surface area contributed by atoms with Crippen LogP contribution in [0.1, 0.15) is 21.6 Å². The van der Waals surface area contributed by atoms with E-state index in [4.69, 9.17) is 11.6 Å². The van der Waals surface area contributed by atoms with Crippen LogP contribution in [0.3, 0.4) is 0 Å². The van der Waals surface area contributed by atoms with Crippen molar-refractivity contribution in [2.24, 2.45) is 0 Å². The van der Waals surface area contributed by atoms with Crippen LogP contribution in [0.2, 0.25) is 5.02 Å². The number of carbonyl (C=O) groups excluding carboxylic acids is 1. The van der Waals surface area contributed by atoms with Crippen molar-refractivity contribution in [1.29, 1.82) is 0 Å². The quantitative estimate of drug-likeness (QED) is 0.420. The minimum atomic E-state index is -4.80. The Morgan fingerprint density at radius 1 is 1.10 bits per heavy atom. The number of nitrogens with one attached hydrogen (secondary N) is 1. The number of aromatic nitrogens is 3. The second-order valence-corrected chi connectivity index (χ2v) is 7.78. The molecular weight excluding hydrogens is 449 g/mol. The van der Waals surface area contributed by atoms with Gasteiger partial charge >= 0.3 is 6.18 Å². The Labute approximate surface area is 184 Å². The minimum Gasteiger partial charge on any atom is -0.348 e. The van der Waals surface area contributed by atoms with Gasteiger partial charge in [-0.25, -0.2) is 9.67 Å². The number of halogens is 4. The lowest BCUT2D eigenvalue weighted by molar-refractivity contribution is -0.143. The van der Waals surface area contributed by atoms with Gasteiger partial charge in [0.05, 0.1) is 17.5 Å². The first kappa shape index (κ1) is 21.1. The molecule has 0 aliphatic heterocycles. The van der Waals surface area contributed by atoms with E-state index in [9.17, 15) is 18.0 Å². The zero-order valence-corrected chi connectivity index (χ0v) is 17.3. The Hall–Kier alpha value is -3.17. The average molecular weight is 463 g/mol. The summed E-state index contributed by atoms with van der Waals surface area (Å²) in [5, 5.41) is 8.49. The van der Waals surface area contributed by atoms with Crippen LogP contribution >= 0.6 is 22.9 Å². The fourth-order valence-electron chi connectivity index (χ4n) is 2.92. The molecule has 10 heteroatoms. The third-order valence-electron chi connectivity index (χ3n) is 4.39. The summed E-state index contributed by atoms with van der Waals surface area (Å²) in [5.41, 5.74) is 0.253. The summed E-state index contributed by atoms with van der Waals surface area (Å²) in [4.78, 5) is 16.8. The third-order valence-corrected chi connectivity index (χ3v) is 5.46. The lowest BCUT2D eigenvalue weighted by Crippen LogP contribution is -2.26. The van der Waals surface area contributed by atoms with Gasteiger partial charge in [0.2, 0.25) is 5.13 Å². The number of hydrogen-bond donors (Lipinski definition) is 1. The van der Waals surface area contributed by atoms with Gasteiger partial charge in [0, 0.05) is 22.5 Å². The van der Waals surface area contributed by atoms with Gasteiger partial charge in [-0.3, -0.25) is 4.79 Å². The summed E-state index contributed by atoms with van der Waals surface area (Å²) in [6, 6.07) is 15.7. The highest BCUT2D eigenvalue weighted by Crippen LogP contribution is 2.35. The predicted molar refractivity (Wildman–Crippen MR) is 112 cm³/mol. The molecule has 0 fully saturated rings. The van der Waals surface area contributed by atoms with Crippen LogP contribution in [-0.4, -0.2) is 20.7 Å². The molecule has 0 saturated carbocycles. The fourth-order valence-corrected chi connectivity index (χ4v) is 3.84. The van der Waals surface area contributed by atoms with Crippen LogP contribution in [0.5, 0.6) is 0 Å². The number of nitrogens with zero attached hydrogens (tertiary/aromatic N) is 3. The molecule has 158 valence electrons. The van der Waals surface area contributed by atoms with E-state index in [1.54, 1.807) is 29.6 Å². The van der Waals surface area contributed by atoms with E-state index in [0.29, 0.717) is 21.0 Å². The first-order valence-corrected chi connectivity index (χ1v) is 10.3. The number of amides is 1. The Bertz CT molecular complexity index is 1200. The lowest BCUT2D eigenvalue weighted by Gasteiger charge is -2.11. The maximum absolute atomic E-state index is 13.8. The van der Waals surface area contributed by atoms with Crippen LogP contribution in [0, 0.1) is 0 Å². The van der Waals surface area contributed by atoms with Crippen molar-refractivity contribution in [3.63, 3.8) is 0 Å². The maximum atomic E-state index is 13.8. The van der Waals surface area contributed by atoms with E-state index < -0.39 is 23.3 Å². The first-order valence-electron chi connectivity index (χ1n) is 9.02. The molecule has 0 aliphatic carbocycles. The van der Waals surface area contributed by atoms with Crippen molar-refractivity contribution >= 4 is 28.8 Å². The molecule has 2 heterocycles. The van der Waals surface area contributed by atoms with Crippen molar-refractivity contribution in [1.82, 2.24) is 20.1 Å². The smallest absolute Gasteiger partial charge is 0.348 e. The fraction of sp³-hybridized carbons (Fsp3) is 0.0952. The van der Waals surface area contributed by atoms with Gasteiger partial charge in [-0.2, -0.15) is 18.3 Å². The van der Waals surface area contributed by atoms with E-state index >= 15 is 0 Å². The monoisotopic (exact) mass is 462 g/mol. The molecule has 4 rings (SSSR count). The topological polar surface area (TPSA) is 59.8 Å². The molecule has 1 N–H and O–H groups in total. The Balaban J connectivity index is 1.63. The second-order valence-electron chi connectivity index (χ2n) is 6.51. The molecule has 0 radical (unpaired) electrons. The summed E-state index contributed by atoms with van der Waals surface area (Å²) in [6.45, 7) is 0.0495. The molecule has 0 saturated heterocycles. The molecular formula is C21H14ClF3N4OS. The van der Waals surface area contributed by atoms with Crippen molar-refractivity contribution in [2.75, 3.05) is 0 Å². The largest absolute Gasteiger partial charge is 0.434 e. The molecule has 31 heavy (non-hydrogen) atoms. The van der Waals surface area contributed by atoms with Crippen LogP contribution in [0.4, 0.5) is 13.2 Å². The standard InChI is InChI=1S/C21H14ClF3N4OS/c22-15-8-6-13(7-9-15)10-26-19(30)16-11-27-29(18(16)21(23,24)25)20-28-17(12-31-20)14-4-2-1-3-5-14/h1-9,11-12H,10H2,(H,26,30).